The van der Waals surface area contributed by atoms with Gasteiger partial charge in [-0.05, 0) is 48.9 Å². The predicted molar refractivity (Wildman–Crippen MR) is 126 cm³/mol. The third kappa shape index (κ3) is 3.29. The second kappa shape index (κ2) is 7.48. The van der Waals surface area contributed by atoms with Crippen molar-refractivity contribution in [2.45, 2.75) is 44.2 Å². The van der Waals surface area contributed by atoms with Gasteiger partial charge < -0.3 is 15.0 Å². The van der Waals surface area contributed by atoms with Crippen LogP contribution in [0.5, 0.6) is 0 Å². The quantitative estimate of drug-likeness (QED) is 0.629. The summed E-state index contributed by atoms with van der Waals surface area (Å²) in [5.41, 5.74) is 8.49. The van der Waals surface area contributed by atoms with E-state index in [4.69, 9.17) is 4.74 Å². The van der Waals surface area contributed by atoms with Gasteiger partial charge in [0.25, 0.3) is 5.91 Å². The van der Waals surface area contributed by atoms with Crippen LogP contribution in [0, 0.1) is 5.82 Å². The molecule has 7 heteroatoms. The summed E-state index contributed by atoms with van der Waals surface area (Å²) >= 11 is 0. The standard InChI is InChI=1S/C27H27FN4O2/c28-21-11-16(1-2-18(21)15-32-7-9-34-10-8-32)22-12-20-17(14-29-22)3-4-19-24-23(30-25(19)20)13-27(5-6-27)31-26(24)33/h1-2,11-12,14,30H,3-10,13,15H2,(H,31,33). The van der Waals surface area contributed by atoms with E-state index in [0.29, 0.717) is 25.3 Å². The van der Waals surface area contributed by atoms with Gasteiger partial charge in [-0.3, -0.25) is 14.7 Å². The molecule has 2 aliphatic heterocycles. The predicted octanol–water partition coefficient (Wildman–Crippen LogP) is 3.63. The molecule has 1 amide bonds. The average molecular weight is 459 g/mol. The molecule has 0 atom stereocenters. The number of hydrogen-bond acceptors (Lipinski definition) is 4. The largest absolute Gasteiger partial charge is 0.379 e. The molecule has 174 valence electrons. The van der Waals surface area contributed by atoms with Gasteiger partial charge in [-0.1, -0.05) is 12.1 Å². The normalized spacial score (nSPS) is 20.4. The van der Waals surface area contributed by atoms with Crippen LogP contribution in [0.25, 0.3) is 22.5 Å². The van der Waals surface area contributed by atoms with Gasteiger partial charge in [0.1, 0.15) is 5.82 Å². The number of carbonyl (C=O) groups is 1. The van der Waals surface area contributed by atoms with Gasteiger partial charge >= 0.3 is 0 Å². The van der Waals surface area contributed by atoms with Crippen LogP contribution in [0.1, 0.15) is 45.6 Å². The first-order chi connectivity index (χ1) is 16.6. The Morgan fingerprint density at radius 1 is 1.15 bits per heavy atom. The van der Waals surface area contributed by atoms with Gasteiger partial charge in [-0.2, -0.15) is 0 Å². The second-order valence-electron chi connectivity index (χ2n) is 10.2. The molecule has 2 aromatic heterocycles. The monoisotopic (exact) mass is 458 g/mol. The lowest BCUT2D eigenvalue weighted by atomic mass is 9.87. The summed E-state index contributed by atoms with van der Waals surface area (Å²) in [6.45, 7) is 3.65. The van der Waals surface area contributed by atoms with Crippen molar-refractivity contribution in [3.63, 3.8) is 0 Å². The van der Waals surface area contributed by atoms with Crippen LogP contribution < -0.4 is 5.32 Å². The Labute approximate surface area is 197 Å². The first-order valence-electron chi connectivity index (χ1n) is 12.2. The van der Waals surface area contributed by atoms with E-state index in [1.54, 1.807) is 6.07 Å². The van der Waals surface area contributed by atoms with Crippen LogP contribution in [0.3, 0.4) is 0 Å². The van der Waals surface area contributed by atoms with E-state index in [1.807, 2.05) is 18.3 Å². The van der Waals surface area contributed by atoms with Crippen LogP contribution in [-0.2, 0) is 30.5 Å². The van der Waals surface area contributed by atoms with Crippen LogP contribution in [0.4, 0.5) is 4.39 Å². The molecule has 1 saturated carbocycles. The van der Waals surface area contributed by atoms with Crippen LogP contribution in [-0.4, -0.2) is 52.6 Å². The minimum absolute atomic E-state index is 0.0236. The number of pyridine rings is 1. The van der Waals surface area contributed by atoms with Crippen molar-refractivity contribution in [3.05, 3.63) is 64.2 Å². The van der Waals surface area contributed by atoms with Crippen LogP contribution >= 0.6 is 0 Å². The third-order valence-corrected chi connectivity index (χ3v) is 7.90. The Morgan fingerprint density at radius 2 is 2.00 bits per heavy atom. The van der Waals surface area contributed by atoms with Gasteiger partial charge in [0.2, 0.25) is 0 Å². The molecule has 0 unspecified atom stereocenters. The van der Waals surface area contributed by atoms with Crippen molar-refractivity contribution < 1.29 is 13.9 Å². The summed E-state index contributed by atoms with van der Waals surface area (Å²) in [5.74, 6) is -0.141. The minimum Gasteiger partial charge on any atom is -0.379 e. The van der Waals surface area contributed by atoms with Crippen molar-refractivity contribution in [2.24, 2.45) is 0 Å². The Morgan fingerprint density at radius 3 is 2.79 bits per heavy atom. The zero-order chi connectivity index (χ0) is 22.9. The number of nitrogens with one attached hydrogen (secondary N) is 2. The molecule has 1 spiro atoms. The Bertz CT molecular complexity index is 1320. The van der Waals surface area contributed by atoms with Crippen molar-refractivity contribution in [1.82, 2.24) is 20.2 Å². The number of amides is 1. The second-order valence-corrected chi connectivity index (χ2v) is 10.2. The Kier molecular flexibility index (Phi) is 4.48. The summed E-state index contributed by atoms with van der Waals surface area (Å²) in [6.07, 6.45) is 6.59. The van der Waals surface area contributed by atoms with E-state index in [0.717, 1.165) is 84.5 Å². The van der Waals surface area contributed by atoms with Gasteiger partial charge in [-0.25, -0.2) is 4.39 Å². The van der Waals surface area contributed by atoms with Gasteiger partial charge in [0, 0.05) is 60.2 Å². The van der Waals surface area contributed by atoms with E-state index in [1.165, 1.54) is 5.56 Å². The smallest absolute Gasteiger partial charge is 0.253 e. The van der Waals surface area contributed by atoms with E-state index in [-0.39, 0.29) is 17.3 Å². The maximum atomic E-state index is 15.0. The number of aromatic nitrogens is 2. The maximum absolute atomic E-state index is 15.0. The summed E-state index contributed by atoms with van der Waals surface area (Å²) in [7, 11) is 0. The van der Waals surface area contributed by atoms with Gasteiger partial charge in [0.05, 0.1) is 30.2 Å². The number of ether oxygens (including phenoxy) is 1. The highest BCUT2D eigenvalue weighted by atomic mass is 19.1. The van der Waals surface area contributed by atoms with Crippen LogP contribution in [0.2, 0.25) is 0 Å². The fourth-order valence-electron chi connectivity index (χ4n) is 5.79. The molecule has 0 radical (unpaired) electrons. The number of morpholine rings is 1. The lowest BCUT2D eigenvalue weighted by Crippen LogP contribution is -2.43. The first-order valence-corrected chi connectivity index (χ1v) is 12.2. The van der Waals surface area contributed by atoms with Crippen molar-refractivity contribution in [1.29, 1.82) is 0 Å². The number of H-pyrrole nitrogens is 1. The van der Waals surface area contributed by atoms with E-state index in [2.05, 4.69) is 26.3 Å². The number of carbonyl (C=O) groups excluding carboxylic acids is 1. The first kappa shape index (κ1) is 20.4. The van der Waals surface area contributed by atoms with Crippen molar-refractivity contribution in [2.75, 3.05) is 26.3 Å². The molecular formula is C27H27FN4O2. The van der Waals surface area contributed by atoms with E-state index in [9.17, 15) is 4.79 Å². The SMILES string of the molecule is O=C1NC2(CC2)Cc2[nH]c3c(c21)CCc1cnc(-c2ccc(CN4CCOCC4)c(F)c2)cc1-3. The van der Waals surface area contributed by atoms with Crippen molar-refractivity contribution in [3.8, 4) is 22.5 Å². The lowest BCUT2D eigenvalue weighted by Gasteiger charge is -2.26. The Hall–Kier alpha value is -3.03. The molecule has 2 fully saturated rings. The molecule has 1 aromatic carbocycles. The number of nitrogens with zero attached hydrogens (tertiary/aromatic N) is 2. The molecule has 4 aliphatic rings. The number of hydrogen-bond donors (Lipinski definition) is 2. The van der Waals surface area contributed by atoms with E-state index >= 15 is 4.39 Å². The fraction of sp³-hybridized carbons (Fsp3) is 0.407. The highest BCUT2D eigenvalue weighted by molar-refractivity contribution is 6.01. The number of aryl methyl sites for hydroxylation is 1. The average Bonchev–Trinajstić information content (AvgIpc) is 3.46. The maximum Gasteiger partial charge on any atom is 0.253 e. The number of fused-ring (bicyclic) bond motifs is 5. The highest BCUT2D eigenvalue weighted by Crippen LogP contribution is 2.45. The van der Waals surface area contributed by atoms with E-state index < -0.39 is 0 Å². The summed E-state index contributed by atoms with van der Waals surface area (Å²) in [5, 5.41) is 3.24. The molecule has 7 rings (SSSR count). The molecule has 0 bridgehead atoms. The van der Waals surface area contributed by atoms with Gasteiger partial charge in [0.15, 0.2) is 0 Å². The number of rotatable bonds is 3. The highest BCUT2D eigenvalue weighted by Gasteiger charge is 2.49. The summed E-state index contributed by atoms with van der Waals surface area (Å²) in [4.78, 5) is 23.4. The number of benzene rings is 1. The topological polar surface area (TPSA) is 70.2 Å². The lowest BCUT2D eigenvalue weighted by molar-refractivity contribution is 0.0337. The van der Waals surface area contributed by atoms with Crippen LogP contribution in [0.15, 0.2) is 30.5 Å². The summed E-state index contributed by atoms with van der Waals surface area (Å²) < 4.78 is 20.4. The molecule has 2 aliphatic carbocycles. The molecule has 1 saturated heterocycles. The zero-order valence-electron chi connectivity index (χ0n) is 19.0. The van der Waals surface area contributed by atoms with Crippen molar-refractivity contribution >= 4 is 5.91 Å². The molecule has 2 N–H and O–H groups in total. The summed E-state index contributed by atoms with van der Waals surface area (Å²) in [6, 6.07) is 7.48. The molecule has 4 heterocycles. The molecule has 6 nitrogen and oxygen atoms in total. The van der Waals surface area contributed by atoms with Gasteiger partial charge in [-0.15, -0.1) is 0 Å². The fourth-order valence-corrected chi connectivity index (χ4v) is 5.79. The molecular weight excluding hydrogens is 431 g/mol. The third-order valence-electron chi connectivity index (χ3n) is 7.90. The minimum atomic E-state index is -0.203. The molecule has 3 aromatic rings. The Balaban J connectivity index is 1.22. The number of halogens is 1. The number of aromatic amines is 1. The molecule has 34 heavy (non-hydrogen) atoms. The zero-order valence-corrected chi connectivity index (χ0v) is 19.0.